The summed E-state index contributed by atoms with van der Waals surface area (Å²) in [6.45, 7) is 7.20. The molecule has 1 aromatic carbocycles. The lowest BCUT2D eigenvalue weighted by Crippen LogP contribution is -2.27. The normalized spacial score (nSPS) is 18.4. The molecule has 1 aromatic heterocycles. The molecule has 2 saturated heterocycles. The average molecular weight is 447 g/mol. The minimum absolute atomic E-state index is 0.0151. The molecule has 33 heavy (non-hydrogen) atoms. The fraction of sp³-hybridized carbons (Fsp3) is 0.423. The van der Waals surface area contributed by atoms with Crippen LogP contribution >= 0.6 is 0 Å². The van der Waals surface area contributed by atoms with Gasteiger partial charge in [-0.1, -0.05) is 0 Å². The number of amides is 2. The highest BCUT2D eigenvalue weighted by atomic mass is 16.5. The number of anilines is 1. The lowest BCUT2D eigenvalue weighted by Gasteiger charge is -2.15. The van der Waals surface area contributed by atoms with Crippen molar-refractivity contribution in [3.05, 3.63) is 58.4 Å². The molecule has 0 bridgehead atoms. The lowest BCUT2D eigenvalue weighted by atomic mass is 10.1. The van der Waals surface area contributed by atoms with E-state index in [0.717, 1.165) is 68.9 Å². The molecule has 1 N–H and O–H groups in total. The summed E-state index contributed by atoms with van der Waals surface area (Å²) in [7, 11) is 0. The molecule has 2 fully saturated rings. The number of likely N-dealkylation sites (tertiary alicyclic amines) is 1. The first-order valence-corrected chi connectivity index (χ1v) is 11.6. The van der Waals surface area contributed by atoms with Crippen LogP contribution in [-0.4, -0.2) is 47.1 Å². The van der Waals surface area contributed by atoms with Crippen LogP contribution in [0.4, 0.5) is 5.69 Å². The Hall–Kier alpha value is -3.37. The molecule has 2 amide bonds. The number of carbonyl (C=O) groups is 2. The van der Waals surface area contributed by atoms with Crippen LogP contribution in [0.2, 0.25) is 0 Å². The van der Waals surface area contributed by atoms with E-state index >= 15 is 0 Å². The van der Waals surface area contributed by atoms with Gasteiger partial charge >= 0.3 is 0 Å². The van der Waals surface area contributed by atoms with Crippen LogP contribution in [0.1, 0.15) is 53.0 Å². The summed E-state index contributed by atoms with van der Waals surface area (Å²) in [6, 6.07) is 10.8. The van der Waals surface area contributed by atoms with E-state index < -0.39 is 5.91 Å². The van der Waals surface area contributed by atoms with Crippen molar-refractivity contribution in [3.8, 4) is 6.07 Å². The molecule has 0 aliphatic carbocycles. The molecule has 2 aliphatic rings. The van der Waals surface area contributed by atoms with Gasteiger partial charge in [0.1, 0.15) is 11.6 Å². The standard InChI is InChI=1S/C26H30N4O3/c1-18-14-21(19(2)30(18)17-24-6-5-13-33-24)15-22(16-27)25(31)28-23-9-7-20(8-10-23)26(32)29-11-3-4-12-29/h7-10,14-15,24H,3-6,11-13,17H2,1-2H3,(H,28,31)/b22-15+. The Kier molecular flexibility index (Phi) is 6.95. The molecule has 1 unspecified atom stereocenters. The van der Waals surface area contributed by atoms with Gasteiger partial charge in [-0.25, -0.2) is 0 Å². The molecule has 2 aromatic rings. The van der Waals surface area contributed by atoms with Gasteiger partial charge in [0.25, 0.3) is 11.8 Å². The van der Waals surface area contributed by atoms with Crippen LogP contribution in [0, 0.1) is 25.2 Å². The molecular formula is C26H30N4O3. The summed E-state index contributed by atoms with van der Waals surface area (Å²) in [5.41, 5.74) is 4.11. The Morgan fingerprint density at radius 3 is 2.55 bits per heavy atom. The number of aromatic nitrogens is 1. The van der Waals surface area contributed by atoms with Crippen LogP contribution in [0.25, 0.3) is 6.08 Å². The average Bonchev–Trinajstić information content (AvgIpc) is 3.58. The number of carbonyl (C=O) groups excluding carboxylic acids is 2. The Morgan fingerprint density at radius 2 is 1.91 bits per heavy atom. The van der Waals surface area contributed by atoms with Crippen LogP contribution < -0.4 is 5.32 Å². The third kappa shape index (κ3) is 5.18. The van der Waals surface area contributed by atoms with E-state index in [1.807, 2.05) is 30.9 Å². The van der Waals surface area contributed by atoms with E-state index in [4.69, 9.17) is 4.74 Å². The molecule has 0 saturated carbocycles. The Balaban J connectivity index is 1.45. The number of hydrogen-bond donors (Lipinski definition) is 1. The SMILES string of the molecule is Cc1cc(/C=C(\C#N)C(=O)Nc2ccc(C(=O)N3CCCC3)cc2)c(C)n1CC1CCCO1. The third-order valence-corrected chi connectivity index (χ3v) is 6.47. The highest BCUT2D eigenvalue weighted by Crippen LogP contribution is 2.23. The number of ether oxygens (including phenoxy) is 1. The van der Waals surface area contributed by atoms with Crippen LogP contribution in [-0.2, 0) is 16.1 Å². The second kappa shape index (κ2) is 10.1. The van der Waals surface area contributed by atoms with Crippen LogP contribution in [0.15, 0.2) is 35.9 Å². The number of benzene rings is 1. The number of nitrogens with zero attached hydrogens (tertiary/aromatic N) is 3. The maximum Gasteiger partial charge on any atom is 0.266 e. The predicted molar refractivity (Wildman–Crippen MR) is 127 cm³/mol. The Labute approximate surface area is 194 Å². The van der Waals surface area contributed by atoms with Gasteiger partial charge < -0.3 is 19.5 Å². The third-order valence-electron chi connectivity index (χ3n) is 6.47. The van der Waals surface area contributed by atoms with Crippen molar-refractivity contribution in [1.82, 2.24) is 9.47 Å². The summed E-state index contributed by atoms with van der Waals surface area (Å²) >= 11 is 0. The van der Waals surface area contributed by atoms with Gasteiger partial charge in [-0.15, -0.1) is 0 Å². The summed E-state index contributed by atoms with van der Waals surface area (Å²) in [6.07, 6.45) is 6.07. The van der Waals surface area contributed by atoms with E-state index in [9.17, 15) is 14.9 Å². The topological polar surface area (TPSA) is 87.4 Å². The van der Waals surface area contributed by atoms with E-state index in [-0.39, 0.29) is 17.6 Å². The van der Waals surface area contributed by atoms with Gasteiger partial charge in [-0.05, 0) is 81.5 Å². The molecule has 3 heterocycles. The number of nitrogens with one attached hydrogen (secondary N) is 1. The van der Waals surface area contributed by atoms with Gasteiger partial charge in [-0.2, -0.15) is 5.26 Å². The van der Waals surface area contributed by atoms with Gasteiger partial charge in [0.15, 0.2) is 0 Å². The van der Waals surface area contributed by atoms with Crippen LogP contribution in [0.5, 0.6) is 0 Å². The summed E-state index contributed by atoms with van der Waals surface area (Å²) in [5, 5.41) is 12.4. The minimum atomic E-state index is -0.472. The first-order valence-electron chi connectivity index (χ1n) is 11.6. The molecule has 172 valence electrons. The number of aryl methyl sites for hydroxylation is 1. The molecule has 2 aliphatic heterocycles. The zero-order valence-corrected chi connectivity index (χ0v) is 19.3. The van der Waals surface area contributed by atoms with Crippen molar-refractivity contribution in [3.63, 3.8) is 0 Å². The number of nitriles is 1. The van der Waals surface area contributed by atoms with E-state index in [1.165, 1.54) is 0 Å². The zero-order chi connectivity index (χ0) is 23.4. The predicted octanol–water partition coefficient (Wildman–Crippen LogP) is 4.07. The maximum atomic E-state index is 12.8. The smallest absolute Gasteiger partial charge is 0.266 e. The summed E-state index contributed by atoms with van der Waals surface area (Å²) < 4.78 is 7.94. The highest BCUT2D eigenvalue weighted by Gasteiger charge is 2.21. The lowest BCUT2D eigenvalue weighted by molar-refractivity contribution is -0.112. The number of rotatable bonds is 6. The van der Waals surface area contributed by atoms with E-state index in [0.29, 0.717) is 11.3 Å². The van der Waals surface area contributed by atoms with Gasteiger partial charge in [-0.3, -0.25) is 9.59 Å². The fourth-order valence-corrected chi connectivity index (χ4v) is 4.55. The summed E-state index contributed by atoms with van der Waals surface area (Å²) in [4.78, 5) is 27.1. The van der Waals surface area contributed by atoms with E-state index in [2.05, 4.69) is 9.88 Å². The highest BCUT2D eigenvalue weighted by molar-refractivity contribution is 6.10. The molecule has 7 heteroatoms. The molecule has 1 atom stereocenters. The Morgan fingerprint density at radius 1 is 1.18 bits per heavy atom. The molecule has 0 spiro atoms. The van der Waals surface area contributed by atoms with Gasteiger partial charge in [0, 0.05) is 48.9 Å². The fourth-order valence-electron chi connectivity index (χ4n) is 4.55. The van der Waals surface area contributed by atoms with Crippen molar-refractivity contribution >= 4 is 23.6 Å². The quantitative estimate of drug-likeness (QED) is 0.535. The van der Waals surface area contributed by atoms with Crippen molar-refractivity contribution < 1.29 is 14.3 Å². The second-order valence-corrected chi connectivity index (χ2v) is 8.77. The van der Waals surface area contributed by atoms with Crippen molar-refractivity contribution in [2.24, 2.45) is 0 Å². The van der Waals surface area contributed by atoms with Crippen molar-refractivity contribution in [1.29, 1.82) is 5.26 Å². The van der Waals surface area contributed by atoms with Crippen molar-refractivity contribution in [2.45, 2.75) is 52.2 Å². The van der Waals surface area contributed by atoms with Gasteiger partial charge in [0.2, 0.25) is 0 Å². The second-order valence-electron chi connectivity index (χ2n) is 8.77. The number of hydrogen-bond acceptors (Lipinski definition) is 4. The van der Waals surface area contributed by atoms with E-state index in [1.54, 1.807) is 30.3 Å². The molecule has 4 rings (SSSR count). The molecular weight excluding hydrogens is 416 g/mol. The first-order chi connectivity index (χ1) is 16.0. The maximum absolute atomic E-state index is 12.8. The summed E-state index contributed by atoms with van der Waals surface area (Å²) in [5.74, 6) is -0.457. The minimum Gasteiger partial charge on any atom is -0.376 e. The molecule has 0 radical (unpaired) electrons. The largest absolute Gasteiger partial charge is 0.376 e. The van der Waals surface area contributed by atoms with Crippen LogP contribution in [0.3, 0.4) is 0 Å². The van der Waals surface area contributed by atoms with Gasteiger partial charge in [0.05, 0.1) is 6.10 Å². The monoisotopic (exact) mass is 446 g/mol. The first kappa shape index (κ1) is 22.8. The van der Waals surface area contributed by atoms with Crippen molar-refractivity contribution in [2.75, 3.05) is 25.0 Å². The molecule has 7 nitrogen and oxygen atoms in total. The zero-order valence-electron chi connectivity index (χ0n) is 19.3. The Bertz CT molecular complexity index is 1100.